The van der Waals surface area contributed by atoms with Crippen molar-refractivity contribution in [3.63, 3.8) is 0 Å². The summed E-state index contributed by atoms with van der Waals surface area (Å²) in [7, 11) is -3.99. The van der Waals surface area contributed by atoms with Crippen LogP contribution < -0.4 is 4.80 Å². The van der Waals surface area contributed by atoms with Gasteiger partial charge in [-0.15, -0.1) is 0 Å². The first-order chi connectivity index (χ1) is 17.1. The van der Waals surface area contributed by atoms with Gasteiger partial charge < -0.3 is 18.9 Å². The van der Waals surface area contributed by atoms with E-state index in [1.807, 2.05) is 13.8 Å². The molecular formula is C24H33N3O7S2. The highest BCUT2D eigenvalue weighted by Crippen LogP contribution is 2.20. The Labute approximate surface area is 214 Å². The van der Waals surface area contributed by atoms with E-state index in [1.54, 1.807) is 34.6 Å². The normalized spacial score (nSPS) is 16.9. The van der Waals surface area contributed by atoms with Crippen molar-refractivity contribution >= 4 is 49.2 Å². The number of sulfone groups is 1. The minimum absolute atomic E-state index is 0.0100. The van der Waals surface area contributed by atoms with Crippen LogP contribution in [0.15, 0.2) is 23.2 Å². The first kappa shape index (κ1) is 28.0. The molecule has 3 rings (SSSR count). The monoisotopic (exact) mass is 539 g/mol. The summed E-state index contributed by atoms with van der Waals surface area (Å²) in [6.07, 6.45) is 2.69. The number of carbonyl (C=O) groups is 3. The number of fused-ring (bicyclic) bond motifs is 1. The number of amides is 2. The maximum atomic E-state index is 12.7. The van der Waals surface area contributed by atoms with E-state index in [1.165, 1.54) is 0 Å². The zero-order valence-corrected chi connectivity index (χ0v) is 22.5. The van der Waals surface area contributed by atoms with Gasteiger partial charge in [-0.1, -0.05) is 11.3 Å². The molecule has 1 fully saturated rings. The van der Waals surface area contributed by atoms with Crippen molar-refractivity contribution in [2.45, 2.75) is 52.6 Å². The largest absolute Gasteiger partial charge is 0.462 e. The molecule has 36 heavy (non-hydrogen) atoms. The van der Waals surface area contributed by atoms with Crippen molar-refractivity contribution in [3.8, 4) is 0 Å². The van der Waals surface area contributed by atoms with Gasteiger partial charge in [0.05, 0.1) is 29.0 Å². The number of rotatable bonds is 10. The first-order valence-electron chi connectivity index (χ1n) is 12.1. The summed E-state index contributed by atoms with van der Waals surface area (Å²) < 4.78 is 38.2. The fraction of sp³-hybridized carbons (Fsp3) is 0.583. The van der Waals surface area contributed by atoms with E-state index in [0.717, 1.165) is 36.1 Å². The third-order valence-corrected chi connectivity index (χ3v) is 8.30. The third kappa shape index (κ3) is 7.23. The van der Waals surface area contributed by atoms with Crippen molar-refractivity contribution in [2.75, 3.05) is 37.9 Å². The summed E-state index contributed by atoms with van der Waals surface area (Å²) in [5.41, 5.74) is 1.10. The molecule has 0 saturated carbocycles. The summed E-state index contributed by atoms with van der Waals surface area (Å²) >= 11 is 1.16. The molecule has 1 saturated heterocycles. The number of carbonyl (C=O) groups excluding carboxylic acids is 3. The van der Waals surface area contributed by atoms with Crippen LogP contribution in [0.3, 0.4) is 0 Å². The quantitative estimate of drug-likeness (QED) is 0.335. The lowest BCUT2D eigenvalue weighted by atomic mass is 10.0. The SMILES string of the molecule is CCOCCn1c(=NC(=O)CS(=O)(=O)CC(=O)N2CCCCC2C)sc2cc(C(=O)OCC)ccc21. The lowest BCUT2D eigenvalue weighted by Gasteiger charge is -2.33. The highest BCUT2D eigenvalue weighted by molar-refractivity contribution is 7.92. The van der Waals surface area contributed by atoms with E-state index in [2.05, 4.69) is 4.99 Å². The first-order valence-corrected chi connectivity index (χ1v) is 14.7. The Bertz CT molecular complexity index is 1280. The Morgan fingerprint density at radius 3 is 2.61 bits per heavy atom. The number of aromatic nitrogens is 1. The number of hydrogen-bond acceptors (Lipinski definition) is 8. The van der Waals surface area contributed by atoms with Crippen LogP contribution in [0.25, 0.3) is 10.2 Å². The minimum atomic E-state index is -3.99. The molecule has 10 nitrogen and oxygen atoms in total. The smallest absolute Gasteiger partial charge is 0.338 e. The highest BCUT2D eigenvalue weighted by atomic mass is 32.2. The second kappa shape index (κ2) is 12.6. The summed E-state index contributed by atoms with van der Waals surface area (Å²) in [6.45, 7) is 7.54. The number of ether oxygens (including phenoxy) is 2. The predicted molar refractivity (Wildman–Crippen MR) is 137 cm³/mol. The topological polar surface area (TPSA) is 124 Å². The number of nitrogens with zero attached hydrogens (tertiary/aromatic N) is 3. The van der Waals surface area contributed by atoms with Gasteiger partial charge >= 0.3 is 5.97 Å². The minimum Gasteiger partial charge on any atom is -0.462 e. The van der Waals surface area contributed by atoms with Gasteiger partial charge in [-0.2, -0.15) is 4.99 Å². The standard InChI is InChI=1S/C24H33N3O7S2/c1-4-33-13-12-27-19-10-9-18(23(30)34-5-2)14-20(19)35-24(27)25-21(28)15-36(31,32)16-22(29)26-11-7-6-8-17(26)3/h9-10,14,17H,4-8,11-13,15-16H2,1-3H3. The zero-order valence-electron chi connectivity index (χ0n) is 20.9. The zero-order chi connectivity index (χ0) is 26.3. The van der Waals surface area contributed by atoms with Gasteiger partial charge in [-0.25, -0.2) is 13.2 Å². The number of thiazole rings is 1. The average molecular weight is 540 g/mol. The Kier molecular flexibility index (Phi) is 9.80. The van der Waals surface area contributed by atoms with Crippen molar-refractivity contribution in [1.82, 2.24) is 9.47 Å². The second-order valence-corrected chi connectivity index (χ2v) is 11.7. The molecule has 0 radical (unpaired) electrons. The van der Waals surface area contributed by atoms with Crippen LogP contribution in [0.1, 0.15) is 50.4 Å². The van der Waals surface area contributed by atoms with Crippen LogP contribution >= 0.6 is 11.3 Å². The van der Waals surface area contributed by atoms with E-state index in [-0.39, 0.29) is 12.6 Å². The van der Waals surface area contributed by atoms with E-state index in [9.17, 15) is 22.8 Å². The summed E-state index contributed by atoms with van der Waals surface area (Å²) in [5.74, 6) is -3.35. The fourth-order valence-corrected chi connectivity index (χ4v) is 6.33. The molecule has 0 N–H and O–H groups in total. The van der Waals surface area contributed by atoms with Crippen LogP contribution in [0.2, 0.25) is 0 Å². The van der Waals surface area contributed by atoms with Crippen molar-refractivity contribution < 1.29 is 32.3 Å². The Balaban J connectivity index is 1.84. The Hall–Kier alpha value is -2.57. The van der Waals surface area contributed by atoms with Gasteiger partial charge in [0.15, 0.2) is 14.6 Å². The molecule has 2 heterocycles. The molecule has 0 aliphatic carbocycles. The summed E-state index contributed by atoms with van der Waals surface area (Å²) in [5, 5.41) is 0. The van der Waals surface area contributed by atoms with Crippen molar-refractivity contribution in [1.29, 1.82) is 0 Å². The van der Waals surface area contributed by atoms with Crippen LogP contribution in [-0.2, 0) is 35.4 Å². The number of likely N-dealkylation sites (tertiary alicyclic amines) is 1. The average Bonchev–Trinajstić information content (AvgIpc) is 3.14. The molecule has 1 aromatic carbocycles. The van der Waals surface area contributed by atoms with Gasteiger partial charge in [0.25, 0.3) is 5.91 Å². The molecule has 2 aromatic rings. The third-order valence-electron chi connectivity index (χ3n) is 5.89. The van der Waals surface area contributed by atoms with E-state index in [4.69, 9.17) is 9.47 Å². The molecular weight excluding hydrogens is 506 g/mol. The van der Waals surface area contributed by atoms with E-state index < -0.39 is 39.1 Å². The lowest BCUT2D eigenvalue weighted by molar-refractivity contribution is -0.131. The number of piperidine rings is 1. The number of benzene rings is 1. The fourth-order valence-electron chi connectivity index (χ4n) is 4.13. The molecule has 0 spiro atoms. The maximum absolute atomic E-state index is 12.7. The predicted octanol–water partition coefficient (Wildman–Crippen LogP) is 2.16. The molecule has 2 amide bonds. The Morgan fingerprint density at radius 2 is 1.92 bits per heavy atom. The second-order valence-electron chi connectivity index (χ2n) is 8.61. The number of hydrogen-bond donors (Lipinski definition) is 0. The molecule has 1 atom stereocenters. The molecule has 1 aliphatic rings. The van der Waals surface area contributed by atoms with Gasteiger partial charge in [0, 0.05) is 25.7 Å². The van der Waals surface area contributed by atoms with Crippen molar-refractivity contribution in [3.05, 3.63) is 28.6 Å². The van der Waals surface area contributed by atoms with E-state index in [0.29, 0.717) is 41.4 Å². The Morgan fingerprint density at radius 1 is 1.14 bits per heavy atom. The lowest BCUT2D eigenvalue weighted by Crippen LogP contribution is -2.45. The summed E-state index contributed by atoms with van der Waals surface area (Å²) in [4.78, 5) is 43.3. The van der Waals surface area contributed by atoms with Crippen LogP contribution in [-0.4, -0.2) is 79.6 Å². The number of esters is 1. The molecule has 0 bridgehead atoms. The molecule has 1 aromatic heterocycles. The van der Waals surface area contributed by atoms with Crippen LogP contribution in [0, 0.1) is 0 Å². The van der Waals surface area contributed by atoms with Crippen LogP contribution in [0.5, 0.6) is 0 Å². The molecule has 12 heteroatoms. The van der Waals surface area contributed by atoms with Gasteiger partial charge in [-0.3, -0.25) is 9.59 Å². The highest BCUT2D eigenvalue weighted by Gasteiger charge is 2.28. The molecule has 1 unspecified atom stereocenters. The van der Waals surface area contributed by atoms with Crippen molar-refractivity contribution in [2.24, 2.45) is 4.99 Å². The van der Waals surface area contributed by atoms with Gasteiger partial charge in [0.1, 0.15) is 11.5 Å². The molecule has 198 valence electrons. The summed E-state index contributed by atoms with van der Waals surface area (Å²) in [6, 6.07) is 5.02. The van der Waals surface area contributed by atoms with Gasteiger partial charge in [0.2, 0.25) is 5.91 Å². The van der Waals surface area contributed by atoms with Gasteiger partial charge in [-0.05, 0) is 58.2 Å². The van der Waals surface area contributed by atoms with Crippen LogP contribution in [0.4, 0.5) is 0 Å². The molecule has 1 aliphatic heterocycles. The van der Waals surface area contributed by atoms with E-state index >= 15 is 0 Å². The maximum Gasteiger partial charge on any atom is 0.338 e.